The van der Waals surface area contributed by atoms with Crippen molar-refractivity contribution in [3.05, 3.63) is 88.6 Å². The molecule has 0 saturated carbocycles. The number of rotatable bonds is 6. The van der Waals surface area contributed by atoms with Crippen LogP contribution in [-0.2, 0) is 6.54 Å². The minimum atomic E-state index is -0.387. The fraction of sp³-hybridized carbons (Fsp3) is 0.167. The van der Waals surface area contributed by atoms with Gasteiger partial charge in [-0.15, -0.1) is 0 Å². The number of carbonyl (C=O) groups excluding carboxylic acids is 2. The second-order valence-corrected chi connectivity index (χ2v) is 7.93. The van der Waals surface area contributed by atoms with Gasteiger partial charge in [-0.25, -0.2) is 4.98 Å². The van der Waals surface area contributed by atoms with Crippen LogP contribution in [0, 0.1) is 0 Å². The summed E-state index contributed by atoms with van der Waals surface area (Å²) in [4.78, 5) is 36.1. The summed E-state index contributed by atoms with van der Waals surface area (Å²) in [5.74, 6) is 0.547. The molecule has 4 rings (SSSR count). The minimum absolute atomic E-state index is 0.306. The van der Waals surface area contributed by atoms with Gasteiger partial charge in [-0.05, 0) is 42.0 Å². The molecule has 2 heterocycles. The Morgan fingerprint density at radius 1 is 1.00 bits per heavy atom. The maximum Gasteiger partial charge on any atom is 0.258 e. The fourth-order valence-electron chi connectivity index (χ4n) is 3.30. The van der Waals surface area contributed by atoms with Crippen LogP contribution in [0.1, 0.15) is 26.3 Å². The number of aliphatic imine (C=N–C) groups is 1. The number of nitrogens with zero attached hydrogens (tertiary/aromatic N) is 3. The topological polar surface area (TPSA) is 98.7 Å². The van der Waals surface area contributed by atoms with Crippen LogP contribution in [0.4, 0.5) is 11.5 Å². The third-order valence-corrected chi connectivity index (χ3v) is 5.34. The molecule has 1 aliphatic heterocycles. The first-order chi connectivity index (χ1) is 16.0. The first-order valence-electron chi connectivity index (χ1n) is 10.4. The van der Waals surface area contributed by atoms with Crippen LogP contribution in [0.5, 0.6) is 0 Å². The number of likely N-dealkylation sites (N-methyl/N-ethyl adjacent to an activating group) is 1. The molecule has 0 radical (unpaired) electrons. The number of hydrogen-bond donors (Lipinski definition) is 3. The summed E-state index contributed by atoms with van der Waals surface area (Å²) in [5.41, 5.74) is 2.25. The molecule has 2 aromatic carbocycles. The number of benzene rings is 2. The molecule has 33 heavy (non-hydrogen) atoms. The van der Waals surface area contributed by atoms with E-state index in [1.165, 1.54) is 6.20 Å². The normalized spacial score (nSPS) is 12.8. The Kier molecular flexibility index (Phi) is 6.85. The van der Waals surface area contributed by atoms with E-state index in [4.69, 9.17) is 11.6 Å². The summed E-state index contributed by atoms with van der Waals surface area (Å²) >= 11 is 5.84. The monoisotopic (exact) mass is 462 g/mol. The summed E-state index contributed by atoms with van der Waals surface area (Å²) in [7, 11) is 2.00. The third kappa shape index (κ3) is 5.67. The van der Waals surface area contributed by atoms with Gasteiger partial charge in [-0.3, -0.25) is 14.6 Å². The fourth-order valence-corrected chi connectivity index (χ4v) is 3.41. The van der Waals surface area contributed by atoms with Crippen molar-refractivity contribution in [2.75, 3.05) is 30.8 Å². The number of guanidine groups is 1. The second-order valence-electron chi connectivity index (χ2n) is 7.49. The molecule has 9 heteroatoms. The van der Waals surface area contributed by atoms with Crippen molar-refractivity contribution in [3.63, 3.8) is 0 Å². The number of hydrogen-bond acceptors (Lipinski definition) is 6. The number of nitrogens with one attached hydrogen (secondary N) is 3. The highest BCUT2D eigenvalue weighted by molar-refractivity contribution is 6.30. The Labute approximate surface area is 196 Å². The number of anilines is 2. The van der Waals surface area contributed by atoms with Crippen molar-refractivity contribution >= 4 is 40.9 Å². The molecular weight excluding hydrogens is 440 g/mol. The first-order valence-corrected chi connectivity index (χ1v) is 10.8. The highest BCUT2D eigenvalue weighted by Crippen LogP contribution is 2.19. The molecule has 3 N–H and O–H groups in total. The minimum Gasteiger partial charge on any atom is -0.352 e. The van der Waals surface area contributed by atoms with Crippen LogP contribution in [0.15, 0.2) is 71.9 Å². The number of para-hydroxylation sites is 1. The molecule has 0 saturated heterocycles. The van der Waals surface area contributed by atoms with Gasteiger partial charge in [-0.2, -0.15) is 0 Å². The molecule has 0 spiro atoms. The predicted octanol–water partition coefficient (Wildman–Crippen LogP) is 3.63. The maximum atomic E-state index is 12.8. The Hall–Kier alpha value is -3.91. The zero-order valence-corrected chi connectivity index (χ0v) is 18.8. The second kappa shape index (κ2) is 10.1. The van der Waals surface area contributed by atoms with Gasteiger partial charge >= 0.3 is 0 Å². The molecule has 0 bridgehead atoms. The molecule has 0 fully saturated rings. The molecule has 8 nitrogen and oxygen atoms in total. The van der Waals surface area contributed by atoms with Crippen LogP contribution in [0.25, 0.3) is 0 Å². The smallest absolute Gasteiger partial charge is 0.258 e. The van der Waals surface area contributed by atoms with Crippen molar-refractivity contribution in [1.29, 1.82) is 0 Å². The van der Waals surface area contributed by atoms with Crippen molar-refractivity contribution in [2.45, 2.75) is 6.54 Å². The van der Waals surface area contributed by atoms with Gasteiger partial charge in [0.15, 0.2) is 5.96 Å². The predicted molar refractivity (Wildman–Crippen MR) is 130 cm³/mol. The lowest BCUT2D eigenvalue weighted by Crippen LogP contribution is -2.35. The number of halogens is 1. The van der Waals surface area contributed by atoms with Crippen molar-refractivity contribution in [1.82, 2.24) is 15.2 Å². The summed E-state index contributed by atoms with van der Waals surface area (Å²) < 4.78 is 0. The van der Waals surface area contributed by atoms with Crippen molar-refractivity contribution in [3.8, 4) is 0 Å². The van der Waals surface area contributed by atoms with Crippen molar-refractivity contribution < 1.29 is 9.59 Å². The molecule has 1 aliphatic rings. The molecule has 1 aromatic heterocycles. The summed E-state index contributed by atoms with van der Waals surface area (Å²) in [6.07, 6.45) is 1.45. The standard InChI is InChI=1S/C24H23ClN6O2/c1-31-13-12-26-24(31)28-14-16-6-8-17(9-7-16)22(32)29-20-5-3-2-4-19(20)23(33)30-21-11-10-18(25)15-27-21/h2-11,15H,12-14H2,1H3,(H,26,28)(H,29,32)(H,27,30,33). The molecule has 3 aromatic rings. The van der Waals surface area contributed by atoms with Crippen LogP contribution in [-0.4, -0.2) is 47.8 Å². The van der Waals surface area contributed by atoms with Crippen molar-refractivity contribution in [2.24, 2.45) is 4.99 Å². The molecule has 0 unspecified atom stereocenters. The van der Waals surface area contributed by atoms with Gasteiger partial charge in [0.05, 0.1) is 22.8 Å². The van der Waals surface area contributed by atoms with Crippen LogP contribution >= 0.6 is 11.6 Å². The van der Waals surface area contributed by atoms with Gasteiger partial charge in [0.1, 0.15) is 5.82 Å². The SMILES string of the molecule is CN1CCN=C1NCc1ccc(C(=O)Nc2ccccc2C(=O)Nc2ccc(Cl)cn2)cc1. The van der Waals surface area contributed by atoms with Gasteiger partial charge in [-0.1, -0.05) is 35.9 Å². The van der Waals surface area contributed by atoms with Crippen LogP contribution < -0.4 is 16.0 Å². The Balaban J connectivity index is 1.40. The lowest BCUT2D eigenvalue weighted by Gasteiger charge is -2.15. The van der Waals surface area contributed by atoms with Crippen LogP contribution in [0.2, 0.25) is 5.02 Å². The van der Waals surface area contributed by atoms with E-state index in [2.05, 4.69) is 30.8 Å². The van der Waals surface area contributed by atoms with Gasteiger partial charge < -0.3 is 20.9 Å². The Morgan fingerprint density at radius 3 is 2.48 bits per heavy atom. The summed E-state index contributed by atoms with van der Waals surface area (Å²) in [6, 6.07) is 17.3. The van der Waals surface area contributed by atoms with E-state index in [-0.39, 0.29) is 11.8 Å². The van der Waals surface area contributed by atoms with E-state index >= 15 is 0 Å². The quantitative estimate of drug-likeness (QED) is 0.519. The number of amides is 2. The van der Waals surface area contributed by atoms with E-state index in [0.717, 1.165) is 24.6 Å². The van der Waals surface area contributed by atoms with E-state index in [9.17, 15) is 9.59 Å². The van der Waals surface area contributed by atoms with E-state index in [1.54, 1.807) is 48.5 Å². The number of pyridine rings is 1. The first kappa shape index (κ1) is 22.3. The average molecular weight is 463 g/mol. The number of aromatic nitrogens is 1. The lowest BCUT2D eigenvalue weighted by atomic mass is 10.1. The molecule has 168 valence electrons. The zero-order chi connectivity index (χ0) is 23.2. The number of carbonyl (C=O) groups is 2. The Bertz CT molecular complexity index is 1180. The Morgan fingerprint density at radius 2 is 1.79 bits per heavy atom. The average Bonchev–Trinajstić information content (AvgIpc) is 3.24. The molecule has 0 atom stereocenters. The highest BCUT2D eigenvalue weighted by Gasteiger charge is 2.15. The largest absolute Gasteiger partial charge is 0.352 e. The summed E-state index contributed by atoms with van der Waals surface area (Å²) in [6.45, 7) is 2.33. The highest BCUT2D eigenvalue weighted by atomic mass is 35.5. The third-order valence-electron chi connectivity index (χ3n) is 5.11. The van der Waals surface area contributed by atoms with Crippen LogP contribution in [0.3, 0.4) is 0 Å². The van der Waals surface area contributed by atoms with Gasteiger partial charge in [0, 0.05) is 31.9 Å². The molecule has 0 aliphatic carbocycles. The maximum absolute atomic E-state index is 12.8. The molecule has 2 amide bonds. The van der Waals surface area contributed by atoms with E-state index in [0.29, 0.717) is 34.2 Å². The van der Waals surface area contributed by atoms with E-state index in [1.807, 2.05) is 19.2 Å². The van der Waals surface area contributed by atoms with Gasteiger partial charge in [0.2, 0.25) is 0 Å². The molecular formula is C24H23ClN6O2. The van der Waals surface area contributed by atoms with E-state index < -0.39 is 0 Å². The lowest BCUT2D eigenvalue weighted by molar-refractivity contribution is 0.102. The van der Waals surface area contributed by atoms with Gasteiger partial charge in [0.25, 0.3) is 11.8 Å². The zero-order valence-electron chi connectivity index (χ0n) is 18.0. The summed E-state index contributed by atoms with van der Waals surface area (Å²) in [5, 5.41) is 9.30.